The number of hydrogen-bond donors (Lipinski definition) is 2. The molecule has 0 aromatic heterocycles. The first-order valence-electron chi connectivity index (χ1n) is 17.9. The molecule has 2 amide bonds. The third-order valence-electron chi connectivity index (χ3n) is 14.9. The van der Waals surface area contributed by atoms with Gasteiger partial charge in [-0.3, -0.25) is 14.5 Å². The molecule has 0 aromatic rings. The normalized spacial score (nSPS) is 41.1. The van der Waals surface area contributed by atoms with Crippen LogP contribution in [0.5, 0.6) is 0 Å². The van der Waals surface area contributed by atoms with E-state index >= 15 is 0 Å². The molecule has 248 valence electrons. The van der Waals surface area contributed by atoms with Crippen molar-refractivity contribution < 1.29 is 19.5 Å². The molecule has 5 rings (SSSR count). The lowest BCUT2D eigenvalue weighted by Crippen LogP contribution is -2.65. The highest BCUT2D eigenvalue weighted by Crippen LogP contribution is 2.75. The number of imide groups is 1. The summed E-state index contributed by atoms with van der Waals surface area (Å²) in [5.41, 5.74) is 7.35. The number of amides is 2. The molecule has 0 saturated heterocycles. The molecule has 4 saturated carbocycles. The standard InChI is InChI=1S/C38H62N2O4/c1-25(41)40(28(31(42)43)12-9-10-23-39)32(44)38-21-19-33(2,3)24-27(38)26-13-14-30-35(6)17-11-16-34(4,5)29(35)15-18-37(30,8)36(26,7)20-22-38/h13,27-30H,9-12,14-24,39H2,1-8H3,(H,42,43)/t27-,28-,29?,30?,35-,36+,37+,38-/m0/s1. The summed E-state index contributed by atoms with van der Waals surface area (Å²) in [6.07, 6.45) is 15.8. The summed E-state index contributed by atoms with van der Waals surface area (Å²) in [5, 5.41) is 10.3. The number of nitrogens with two attached hydrogens (primary N) is 1. The summed E-state index contributed by atoms with van der Waals surface area (Å²) < 4.78 is 0. The molecule has 0 radical (unpaired) electrons. The van der Waals surface area contributed by atoms with Crippen molar-refractivity contribution >= 4 is 17.8 Å². The number of aliphatic carboxylic acids is 1. The first-order chi connectivity index (χ1) is 20.4. The predicted molar refractivity (Wildman–Crippen MR) is 176 cm³/mol. The van der Waals surface area contributed by atoms with Crippen LogP contribution in [0.25, 0.3) is 0 Å². The first kappa shape index (κ1) is 33.7. The zero-order chi connectivity index (χ0) is 32.5. The van der Waals surface area contributed by atoms with Gasteiger partial charge in [-0.05, 0) is 135 Å². The van der Waals surface area contributed by atoms with Gasteiger partial charge >= 0.3 is 5.97 Å². The summed E-state index contributed by atoms with van der Waals surface area (Å²) in [4.78, 5) is 41.9. The molecule has 44 heavy (non-hydrogen) atoms. The molecule has 5 aliphatic rings. The highest BCUT2D eigenvalue weighted by molar-refractivity contribution is 6.01. The van der Waals surface area contributed by atoms with Crippen LogP contribution < -0.4 is 5.73 Å². The summed E-state index contributed by atoms with van der Waals surface area (Å²) in [7, 11) is 0. The van der Waals surface area contributed by atoms with Gasteiger partial charge in [-0.15, -0.1) is 0 Å². The van der Waals surface area contributed by atoms with E-state index in [-0.39, 0.29) is 34.5 Å². The van der Waals surface area contributed by atoms with Gasteiger partial charge in [0.2, 0.25) is 11.8 Å². The Balaban J connectivity index is 1.57. The molecule has 4 fully saturated rings. The van der Waals surface area contributed by atoms with Crippen LogP contribution in [0.15, 0.2) is 11.6 Å². The zero-order valence-corrected chi connectivity index (χ0v) is 29.2. The highest BCUT2D eigenvalue weighted by atomic mass is 16.4. The van der Waals surface area contributed by atoms with Crippen LogP contribution in [-0.4, -0.2) is 40.4 Å². The van der Waals surface area contributed by atoms with Gasteiger partial charge < -0.3 is 10.8 Å². The molecule has 6 nitrogen and oxygen atoms in total. The molecule has 0 aromatic carbocycles. The maximum atomic E-state index is 14.9. The lowest BCUT2D eigenvalue weighted by molar-refractivity contribution is -0.187. The summed E-state index contributed by atoms with van der Waals surface area (Å²) in [5.74, 6) is -0.376. The monoisotopic (exact) mass is 610 g/mol. The minimum atomic E-state index is -1.14. The number of carboxylic acids is 1. The van der Waals surface area contributed by atoms with E-state index in [0.29, 0.717) is 42.6 Å². The van der Waals surface area contributed by atoms with Crippen molar-refractivity contribution in [3.63, 3.8) is 0 Å². The van der Waals surface area contributed by atoms with Crippen LogP contribution in [0.4, 0.5) is 0 Å². The smallest absolute Gasteiger partial charge is 0.326 e. The van der Waals surface area contributed by atoms with E-state index in [4.69, 9.17) is 5.73 Å². The largest absolute Gasteiger partial charge is 0.480 e. The van der Waals surface area contributed by atoms with Crippen molar-refractivity contribution in [2.75, 3.05) is 6.54 Å². The first-order valence-corrected chi connectivity index (χ1v) is 17.9. The van der Waals surface area contributed by atoms with Crippen molar-refractivity contribution in [3.05, 3.63) is 11.6 Å². The Bertz CT molecular complexity index is 1210. The number of carbonyl (C=O) groups excluding carboxylic acids is 2. The molecular weight excluding hydrogens is 548 g/mol. The van der Waals surface area contributed by atoms with Crippen LogP contribution in [0, 0.1) is 50.2 Å². The van der Waals surface area contributed by atoms with Gasteiger partial charge in [0.15, 0.2) is 0 Å². The Kier molecular flexibility index (Phi) is 8.59. The molecular formula is C38H62N2O4. The van der Waals surface area contributed by atoms with Gasteiger partial charge in [0.1, 0.15) is 6.04 Å². The molecule has 6 heteroatoms. The molecule has 5 aliphatic carbocycles. The molecule has 0 bridgehead atoms. The lowest BCUT2D eigenvalue weighted by atomic mass is 9.33. The summed E-state index contributed by atoms with van der Waals surface area (Å²) >= 11 is 0. The lowest BCUT2D eigenvalue weighted by Gasteiger charge is -2.71. The van der Waals surface area contributed by atoms with Gasteiger partial charge in [0.05, 0.1) is 5.41 Å². The van der Waals surface area contributed by atoms with E-state index in [2.05, 4.69) is 54.5 Å². The Morgan fingerprint density at radius 3 is 2.25 bits per heavy atom. The molecule has 0 heterocycles. The Labute approximate surface area is 267 Å². The fourth-order valence-corrected chi connectivity index (χ4v) is 12.3. The van der Waals surface area contributed by atoms with Crippen molar-refractivity contribution in [1.29, 1.82) is 0 Å². The topological polar surface area (TPSA) is 101 Å². The second-order valence-electron chi connectivity index (χ2n) is 18.0. The van der Waals surface area contributed by atoms with Gasteiger partial charge in [0.25, 0.3) is 0 Å². The van der Waals surface area contributed by atoms with E-state index in [1.165, 1.54) is 44.6 Å². The number of rotatable bonds is 7. The third-order valence-corrected chi connectivity index (χ3v) is 14.9. The van der Waals surface area contributed by atoms with Crippen molar-refractivity contribution in [2.24, 2.45) is 56.0 Å². The fourth-order valence-electron chi connectivity index (χ4n) is 12.3. The van der Waals surface area contributed by atoms with Crippen LogP contribution in [-0.2, 0) is 14.4 Å². The Morgan fingerprint density at radius 1 is 0.932 bits per heavy atom. The fraction of sp³-hybridized carbons (Fsp3) is 0.868. The van der Waals surface area contributed by atoms with Gasteiger partial charge in [-0.25, -0.2) is 4.79 Å². The number of nitrogens with zero attached hydrogens (tertiary/aromatic N) is 1. The number of fused-ring (bicyclic) bond motifs is 7. The van der Waals surface area contributed by atoms with Crippen molar-refractivity contribution in [3.8, 4) is 0 Å². The van der Waals surface area contributed by atoms with Crippen molar-refractivity contribution in [1.82, 2.24) is 4.90 Å². The Hall–Kier alpha value is -1.69. The molecule has 0 spiro atoms. The minimum Gasteiger partial charge on any atom is -0.480 e. The van der Waals surface area contributed by atoms with Gasteiger partial charge in [0, 0.05) is 6.92 Å². The number of carbonyl (C=O) groups is 3. The van der Waals surface area contributed by atoms with Crippen LogP contribution >= 0.6 is 0 Å². The number of carboxylic acid groups (broad SMARTS) is 1. The summed E-state index contributed by atoms with van der Waals surface area (Å²) in [6.45, 7) is 19.2. The highest BCUT2D eigenvalue weighted by Gasteiger charge is 2.69. The predicted octanol–water partition coefficient (Wildman–Crippen LogP) is 8.14. The molecule has 3 N–H and O–H groups in total. The van der Waals surface area contributed by atoms with Crippen LogP contribution in [0.2, 0.25) is 0 Å². The van der Waals surface area contributed by atoms with Crippen LogP contribution in [0.1, 0.15) is 145 Å². The maximum absolute atomic E-state index is 14.9. The van der Waals surface area contributed by atoms with Gasteiger partial charge in [-0.1, -0.05) is 66.5 Å². The molecule has 0 aliphatic heterocycles. The second kappa shape index (κ2) is 11.2. The third kappa shape index (κ3) is 4.94. The van der Waals surface area contributed by atoms with Gasteiger partial charge in [-0.2, -0.15) is 0 Å². The second-order valence-corrected chi connectivity index (χ2v) is 18.0. The number of allylic oxidation sites excluding steroid dienone is 2. The quantitative estimate of drug-likeness (QED) is 0.224. The van der Waals surface area contributed by atoms with Crippen molar-refractivity contribution in [2.45, 2.75) is 151 Å². The average molecular weight is 611 g/mol. The van der Waals surface area contributed by atoms with E-state index in [0.717, 1.165) is 42.9 Å². The minimum absolute atomic E-state index is 0.0122. The number of hydrogen-bond acceptors (Lipinski definition) is 4. The van der Waals surface area contributed by atoms with E-state index in [1.54, 1.807) is 0 Å². The SMILES string of the molecule is CC(=O)N(C(=O)[C@]12CCC(C)(C)C[C@H]1C1=CCC3[C@@]4(C)CCCC(C)(C)C4CC[C@@]3(C)[C@]1(C)CC2)[C@@H](CCCCN)C(=O)O. The van der Waals surface area contributed by atoms with E-state index in [1.807, 2.05) is 0 Å². The number of unbranched alkanes of at least 4 members (excludes halogenated alkanes) is 1. The van der Waals surface area contributed by atoms with E-state index in [9.17, 15) is 19.5 Å². The average Bonchev–Trinajstić information content (AvgIpc) is 2.91. The zero-order valence-electron chi connectivity index (χ0n) is 29.2. The molecule has 8 atom stereocenters. The van der Waals surface area contributed by atoms with Crippen LogP contribution in [0.3, 0.4) is 0 Å². The summed E-state index contributed by atoms with van der Waals surface area (Å²) in [6, 6.07) is -1.14. The maximum Gasteiger partial charge on any atom is 0.326 e. The molecule has 2 unspecified atom stereocenters. The Morgan fingerprint density at radius 2 is 1.61 bits per heavy atom. The van der Waals surface area contributed by atoms with E-state index < -0.39 is 23.3 Å².